The average molecular weight is 289 g/mol. The van der Waals surface area contributed by atoms with Crippen molar-refractivity contribution in [3.63, 3.8) is 0 Å². The van der Waals surface area contributed by atoms with Gasteiger partial charge in [-0.25, -0.2) is 0 Å². The number of Topliss-reactive ketones (excluding diaryl/α,β-unsaturated/α-hetero) is 1. The molecule has 0 saturated heterocycles. The Bertz CT molecular complexity index is 487. The summed E-state index contributed by atoms with van der Waals surface area (Å²) >= 11 is 0. The van der Waals surface area contributed by atoms with Gasteiger partial charge in [0.2, 0.25) is 0 Å². The SMILES string of the molecule is CCC(=O)Oc1ccc(C(=O)C2CCC(CN)CC2)cc1. The Kier molecular flexibility index (Phi) is 5.51. The van der Waals surface area contributed by atoms with Crippen LogP contribution in [0.15, 0.2) is 24.3 Å². The van der Waals surface area contributed by atoms with Gasteiger partial charge in [-0.1, -0.05) is 6.92 Å². The van der Waals surface area contributed by atoms with Crippen LogP contribution in [-0.4, -0.2) is 18.3 Å². The molecule has 1 aliphatic carbocycles. The van der Waals surface area contributed by atoms with Crippen LogP contribution >= 0.6 is 0 Å². The molecule has 0 aromatic heterocycles. The monoisotopic (exact) mass is 289 g/mol. The fourth-order valence-corrected chi connectivity index (χ4v) is 2.79. The molecule has 0 spiro atoms. The third kappa shape index (κ3) is 4.14. The number of nitrogens with two attached hydrogens (primary N) is 1. The molecule has 0 radical (unpaired) electrons. The van der Waals surface area contributed by atoms with Gasteiger partial charge in [0.15, 0.2) is 5.78 Å². The Hall–Kier alpha value is -1.68. The highest BCUT2D eigenvalue weighted by Gasteiger charge is 2.26. The van der Waals surface area contributed by atoms with Crippen molar-refractivity contribution >= 4 is 11.8 Å². The predicted molar refractivity (Wildman–Crippen MR) is 81.2 cm³/mol. The van der Waals surface area contributed by atoms with Crippen LogP contribution in [0.4, 0.5) is 0 Å². The number of ketones is 1. The van der Waals surface area contributed by atoms with E-state index in [9.17, 15) is 9.59 Å². The zero-order chi connectivity index (χ0) is 15.2. The second-order valence-corrected chi connectivity index (χ2v) is 5.67. The second kappa shape index (κ2) is 7.36. The molecule has 0 bridgehead atoms. The standard InChI is InChI=1S/C17H23NO3/c1-2-16(19)21-15-9-7-14(8-10-15)17(20)13-5-3-12(11-18)4-6-13/h7-10,12-13H,2-6,11,18H2,1H3. The average Bonchev–Trinajstić information content (AvgIpc) is 2.55. The number of ether oxygens (including phenoxy) is 1. The van der Waals surface area contributed by atoms with Crippen LogP contribution in [0.5, 0.6) is 5.75 Å². The summed E-state index contributed by atoms with van der Waals surface area (Å²) in [5.41, 5.74) is 6.37. The third-order valence-corrected chi connectivity index (χ3v) is 4.21. The summed E-state index contributed by atoms with van der Waals surface area (Å²) in [5.74, 6) is 1.10. The molecule has 1 aromatic rings. The van der Waals surface area contributed by atoms with Crippen LogP contribution in [0.25, 0.3) is 0 Å². The van der Waals surface area contributed by atoms with Crippen molar-refractivity contribution < 1.29 is 14.3 Å². The first kappa shape index (κ1) is 15.7. The lowest BCUT2D eigenvalue weighted by atomic mass is 9.78. The van der Waals surface area contributed by atoms with Gasteiger partial charge in [0.1, 0.15) is 5.75 Å². The summed E-state index contributed by atoms with van der Waals surface area (Å²) in [6.45, 7) is 2.47. The minimum Gasteiger partial charge on any atom is -0.427 e. The highest BCUT2D eigenvalue weighted by Crippen LogP contribution is 2.30. The molecule has 2 rings (SSSR count). The Balaban J connectivity index is 1.95. The van der Waals surface area contributed by atoms with Gasteiger partial charge in [-0.3, -0.25) is 9.59 Å². The maximum Gasteiger partial charge on any atom is 0.310 e. The quantitative estimate of drug-likeness (QED) is 0.514. The number of rotatable bonds is 5. The van der Waals surface area contributed by atoms with E-state index in [0.29, 0.717) is 23.7 Å². The molecule has 2 N–H and O–H groups in total. The lowest BCUT2D eigenvalue weighted by molar-refractivity contribution is -0.134. The van der Waals surface area contributed by atoms with E-state index in [0.717, 1.165) is 32.2 Å². The van der Waals surface area contributed by atoms with Crippen molar-refractivity contribution in [2.45, 2.75) is 39.0 Å². The van der Waals surface area contributed by atoms with Crippen LogP contribution in [0.3, 0.4) is 0 Å². The fourth-order valence-electron chi connectivity index (χ4n) is 2.79. The van der Waals surface area contributed by atoms with Gasteiger partial charge in [0.05, 0.1) is 0 Å². The highest BCUT2D eigenvalue weighted by molar-refractivity contribution is 5.98. The van der Waals surface area contributed by atoms with Crippen LogP contribution in [-0.2, 0) is 4.79 Å². The van der Waals surface area contributed by atoms with Crippen molar-refractivity contribution in [1.82, 2.24) is 0 Å². The molecule has 0 aliphatic heterocycles. The molecule has 0 amide bonds. The van der Waals surface area contributed by atoms with Gasteiger partial charge in [-0.05, 0) is 62.4 Å². The molecule has 1 aliphatic rings. The van der Waals surface area contributed by atoms with E-state index in [4.69, 9.17) is 10.5 Å². The van der Waals surface area contributed by atoms with Gasteiger partial charge in [-0.15, -0.1) is 0 Å². The zero-order valence-electron chi connectivity index (χ0n) is 12.5. The minimum absolute atomic E-state index is 0.108. The molecule has 1 aromatic carbocycles. The molecule has 21 heavy (non-hydrogen) atoms. The van der Waals surface area contributed by atoms with E-state index in [-0.39, 0.29) is 17.7 Å². The maximum absolute atomic E-state index is 12.4. The number of hydrogen-bond acceptors (Lipinski definition) is 4. The van der Waals surface area contributed by atoms with Gasteiger partial charge in [0, 0.05) is 17.9 Å². The van der Waals surface area contributed by atoms with Crippen molar-refractivity contribution in [3.8, 4) is 5.75 Å². The summed E-state index contributed by atoms with van der Waals surface area (Å²) in [7, 11) is 0. The molecule has 0 heterocycles. The molecule has 1 saturated carbocycles. The fraction of sp³-hybridized carbons (Fsp3) is 0.529. The second-order valence-electron chi connectivity index (χ2n) is 5.67. The molecule has 1 fully saturated rings. The van der Waals surface area contributed by atoms with E-state index in [1.807, 2.05) is 0 Å². The number of carbonyl (C=O) groups excluding carboxylic acids is 2. The van der Waals surface area contributed by atoms with Crippen molar-refractivity contribution in [2.75, 3.05) is 6.54 Å². The van der Waals surface area contributed by atoms with Gasteiger partial charge in [-0.2, -0.15) is 0 Å². The number of benzene rings is 1. The Morgan fingerprint density at radius 3 is 2.29 bits per heavy atom. The van der Waals surface area contributed by atoms with Crippen LogP contribution in [0.1, 0.15) is 49.4 Å². The molecule has 0 atom stereocenters. The Morgan fingerprint density at radius 2 is 1.76 bits per heavy atom. The van der Waals surface area contributed by atoms with Crippen molar-refractivity contribution in [2.24, 2.45) is 17.6 Å². The van der Waals surface area contributed by atoms with E-state index >= 15 is 0 Å². The van der Waals surface area contributed by atoms with Crippen molar-refractivity contribution in [3.05, 3.63) is 29.8 Å². The first-order valence-electron chi connectivity index (χ1n) is 7.69. The van der Waals surface area contributed by atoms with E-state index in [2.05, 4.69) is 0 Å². The van der Waals surface area contributed by atoms with Crippen molar-refractivity contribution in [1.29, 1.82) is 0 Å². The third-order valence-electron chi connectivity index (χ3n) is 4.21. The summed E-state index contributed by atoms with van der Waals surface area (Å²) in [5, 5.41) is 0. The first-order valence-corrected chi connectivity index (χ1v) is 7.69. The van der Waals surface area contributed by atoms with Gasteiger partial charge in [0.25, 0.3) is 0 Å². The van der Waals surface area contributed by atoms with Crippen LogP contribution in [0.2, 0.25) is 0 Å². The topological polar surface area (TPSA) is 69.4 Å². The number of hydrogen-bond donors (Lipinski definition) is 1. The van der Waals surface area contributed by atoms with Crippen LogP contribution in [0, 0.1) is 11.8 Å². The molecular weight excluding hydrogens is 266 g/mol. The van der Waals surface area contributed by atoms with Gasteiger partial charge < -0.3 is 10.5 Å². The Labute approximate surface area is 125 Å². The smallest absolute Gasteiger partial charge is 0.310 e. The van der Waals surface area contributed by atoms with E-state index in [1.54, 1.807) is 31.2 Å². The normalized spacial score (nSPS) is 21.8. The summed E-state index contributed by atoms with van der Waals surface area (Å²) < 4.78 is 5.11. The van der Waals surface area contributed by atoms with Gasteiger partial charge >= 0.3 is 5.97 Å². The molecule has 4 heteroatoms. The van der Waals surface area contributed by atoms with Crippen LogP contribution < -0.4 is 10.5 Å². The largest absolute Gasteiger partial charge is 0.427 e. The lowest BCUT2D eigenvalue weighted by Gasteiger charge is -2.26. The zero-order valence-corrected chi connectivity index (χ0v) is 12.5. The van der Waals surface area contributed by atoms with E-state index < -0.39 is 0 Å². The summed E-state index contributed by atoms with van der Waals surface area (Å²) in [4.78, 5) is 23.7. The molecule has 114 valence electrons. The maximum atomic E-state index is 12.4. The lowest BCUT2D eigenvalue weighted by Crippen LogP contribution is -2.25. The Morgan fingerprint density at radius 1 is 1.14 bits per heavy atom. The number of carbonyl (C=O) groups is 2. The molecule has 0 unspecified atom stereocenters. The molecular formula is C17H23NO3. The first-order chi connectivity index (χ1) is 10.1. The number of esters is 1. The summed E-state index contributed by atoms with van der Waals surface area (Å²) in [6.07, 6.45) is 4.27. The predicted octanol–water partition coefficient (Wildman–Crippen LogP) is 2.95. The van der Waals surface area contributed by atoms with E-state index in [1.165, 1.54) is 0 Å². The highest BCUT2D eigenvalue weighted by atomic mass is 16.5. The summed E-state index contributed by atoms with van der Waals surface area (Å²) in [6, 6.07) is 6.86. The molecule has 4 nitrogen and oxygen atoms in total. The minimum atomic E-state index is -0.269.